The van der Waals surface area contributed by atoms with Crippen LogP contribution in [-0.4, -0.2) is 41.5 Å². The quantitative estimate of drug-likeness (QED) is 0.307. The summed E-state index contributed by atoms with van der Waals surface area (Å²) in [4.78, 5) is 9.58. The first kappa shape index (κ1) is 22.8. The Morgan fingerprint density at radius 1 is 1.03 bits per heavy atom. The molecule has 3 aromatic heterocycles. The van der Waals surface area contributed by atoms with Crippen molar-refractivity contribution in [3.63, 3.8) is 0 Å². The van der Waals surface area contributed by atoms with Crippen LogP contribution in [0, 0.1) is 5.92 Å². The number of phenols is 1. The summed E-state index contributed by atoms with van der Waals surface area (Å²) in [5.41, 5.74) is 11.7. The Morgan fingerprint density at radius 2 is 1.79 bits per heavy atom. The third kappa shape index (κ3) is 4.04. The van der Waals surface area contributed by atoms with Crippen molar-refractivity contribution in [2.45, 2.75) is 38.2 Å². The van der Waals surface area contributed by atoms with Crippen LogP contribution in [0.2, 0.25) is 0 Å². The summed E-state index contributed by atoms with van der Waals surface area (Å²) in [5, 5.41) is 33.2. The lowest BCUT2D eigenvalue weighted by atomic mass is 9.81. The van der Waals surface area contributed by atoms with E-state index in [2.05, 4.69) is 26.0 Å². The van der Waals surface area contributed by atoms with Crippen molar-refractivity contribution in [1.29, 1.82) is 0 Å². The molecule has 1 fully saturated rings. The molecule has 0 radical (unpaired) electrons. The van der Waals surface area contributed by atoms with Crippen molar-refractivity contribution < 1.29 is 15.3 Å². The van der Waals surface area contributed by atoms with Crippen LogP contribution < -0.4 is 5.73 Å². The number of benzene rings is 1. The maximum Gasteiger partial charge on any atom is 0.165 e. The van der Waals surface area contributed by atoms with Crippen molar-refractivity contribution in [3.8, 4) is 28.1 Å². The minimum atomic E-state index is -0.243. The topological polar surface area (TPSA) is 130 Å². The number of aromatic hydroxyl groups is 1. The highest BCUT2D eigenvalue weighted by Crippen LogP contribution is 2.40. The van der Waals surface area contributed by atoms with Gasteiger partial charge in [0.05, 0.1) is 28.7 Å². The molecule has 34 heavy (non-hydrogen) atoms. The number of aliphatic hydroxyl groups is 2. The molecule has 0 atom stereocenters. The van der Waals surface area contributed by atoms with Crippen molar-refractivity contribution in [1.82, 2.24) is 19.6 Å². The summed E-state index contributed by atoms with van der Waals surface area (Å²) in [7, 11) is 0. The van der Waals surface area contributed by atoms with Gasteiger partial charge in [0, 0.05) is 41.0 Å². The van der Waals surface area contributed by atoms with Gasteiger partial charge < -0.3 is 21.1 Å². The van der Waals surface area contributed by atoms with Crippen LogP contribution in [0.15, 0.2) is 47.2 Å². The second-order valence-corrected chi connectivity index (χ2v) is 9.62. The lowest BCUT2D eigenvalue weighted by Crippen LogP contribution is -2.18. The van der Waals surface area contributed by atoms with E-state index < -0.39 is 0 Å². The molecule has 9 heteroatoms. The predicted octanol–water partition coefficient (Wildman–Crippen LogP) is 4.27. The van der Waals surface area contributed by atoms with E-state index in [9.17, 15) is 15.3 Å². The zero-order valence-electron chi connectivity index (χ0n) is 18.5. The van der Waals surface area contributed by atoms with Crippen LogP contribution >= 0.6 is 15.9 Å². The molecule has 176 valence electrons. The molecular weight excluding hydrogens is 498 g/mol. The number of aliphatic hydroxyl groups excluding tert-OH is 2. The Labute approximate surface area is 205 Å². The number of halogens is 1. The second kappa shape index (κ2) is 9.32. The van der Waals surface area contributed by atoms with E-state index in [0.29, 0.717) is 22.9 Å². The molecule has 1 aromatic carbocycles. The zero-order chi connectivity index (χ0) is 23.8. The predicted molar refractivity (Wildman–Crippen MR) is 133 cm³/mol. The van der Waals surface area contributed by atoms with E-state index >= 15 is 0 Å². The minimum Gasteiger partial charge on any atom is -0.508 e. The Morgan fingerprint density at radius 3 is 2.47 bits per heavy atom. The average Bonchev–Trinajstić information content (AvgIpc) is 3.31. The normalized spacial score (nSPS) is 18.4. The van der Waals surface area contributed by atoms with Crippen LogP contribution in [0.25, 0.3) is 28.0 Å². The van der Waals surface area contributed by atoms with Gasteiger partial charge in [0.1, 0.15) is 11.6 Å². The number of anilines is 1. The number of pyridine rings is 1. The third-order valence-corrected chi connectivity index (χ3v) is 7.57. The Balaban J connectivity index is 1.50. The molecule has 0 bridgehead atoms. The minimum absolute atomic E-state index is 0.0599. The summed E-state index contributed by atoms with van der Waals surface area (Å²) in [6.07, 6.45) is 7.41. The Hall–Kier alpha value is -3.01. The van der Waals surface area contributed by atoms with Gasteiger partial charge >= 0.3 is 0 Å². The van der Waals surface area contributed by atoms with Crippen LogP contribution in [0.4, 0.5) is 5.82 Å². The highest BCUT2D eigenvalue weighted by Gasteiger charge is 2.27. The fourth-order valence-corrected chi connectivity index (χ4v) is 5.28. The Kier molecular flexibility index (Phi) is 6.24. The van der Waals surface area contributed by atoms with Gasteiger partial charge in [-0.15, -0.1) is 0 Å². The van der Waals surface area contributed by atoms with E-state index in [1.807, 2.05) is 12.1 Å². The monoisotopic (exact) mass is 523 g/mol. The van der Waals surface area contributed by atoms with E-state index in [1.165, 1.54) is 0 Å². The van der Waals surface area contributed by atoms with Crippen LogP contribution in [0.5, 0.6) is 5.75 Å². The zero-order valence-corrected chi connectivity index (χ0v) is 20.1. The first-order valence-corrected chi connectivity index (χ1v) is 12.1. The lowest BCUT2D eigenvalue weighted by molar-refractivity contribution is 0.181. The molecule has 0 unspecified atom stereocenters. The fourth-order valence-electron chi connectivity index (χ4n) is 4.70. The van der Waals surface area contributed by atoms with E-state index in [4.69, 9.17) is 10.7 Å². The van der Waals surface area contributed by atoms with Gasteiger partial charge in [-0.05, 0) is 71.8 Å². The third-order valence-electron chi connectivity index (χ3n) is 6.76. The highest BCUT2D eigenvalue weighted by molar-refractivity contribution is 9.10. The number of nitrogens with zero attached hydrogens (tertiary/aromatic N) is 4. The molecule has 0 amide bonds. The molecule has 4 aromatic rings. The maximum atomic E-state index is 9.81. The summed E-state index contributed by atoms with van der Waals surface area (Å²) in [5.74, 6) is 1.22. The lowest BCUT2D eigenvalue weighted by Gasteiger charge is -2.27. The first-order valence-electron chi connectivity index (χ1n) is 11.3. The molecule has 3 heterocycles. The molecule has 0 spiro atoms. The molecule has 1 saturated carbocycles. The number of aromatic nitrogens is 4. The summed E-state index contributed by atoms with van der Waals surface area (Å²) in [6.45, 7) is -0.00347. The van der Waals surface area contributed by atoms with Crippen LogP contribution in [0.1, 0.15) is 42.9 Å². The van der Waals surface area contributed by atoms with Crippen LogP contribution in [-0.2, 0) is 6.61 Å². The van der Waals surface area contributed by atoms with Crippen molar-refractivity contribution in [2.24, 2.45) is 5.92 Å². The van der Waals surface area contributed by atoms with E-state index in [0.717, 1.165) is 58.2 Å². The number of fused-ring (bicyclic) bond motifs is 1. The van der Waals surface area contributed by atoms with Gasteiger partial charge in [-0.1, -0.05) is 6.07 Å². The molecule has 5 rings (SSSR count). The standard InChI is InChI=1S/C25H26BrN5O3/c26-22-23(15-3-1-14(12-32)2-4-15)30-25-19(11-29-31(25)24(22)27)17-5-7-20(28-10-17)16-6-8-21(34)18(9-16)13-33/h5-11,14-15,32-34H,1-4,12-13,27H2. The smallest absolute Gasteiger partial charge is 0.165 e. The fraction of sp³-hybridized carbons (Fsp3) is 0.320. The molecular formula is C25H26BrN5O3. The molecule has 8 nitrogen and oxygen atoms in total. The molecule has 0 saturated heterocycles. The molecule has 0 aliphatic heterocycles. The maximum absolute atomic E-state index is 9.81. The summed E-state index contributed by atoms with van der Waals surface area (Å²) < 4.78 is 2.42. The van der Waals surface area contributed by atoms with Crippen molar-refractivity contribution >= 4 is 27.4 Å². The van der Waals surface area contributed by atoms with Crippen molar-refractivity contribution in [2.75, 3.05) is 12.3 Å². The second-order valence-electron chi connectivity index (χ2n) is 8.82. The van der Waals surface area contributed by atoms with Gasteiger partial charge in [0.25, 0.3) is 0 Å². The number of hydrogen-bond donors (Lipinski definition) is 4. The van der Waals surface area contributed by atoms with E-state index in [-0.39, 0.29) is 24.9 Å². The number of rotatable bonds is 5. The Bertz CT molecular complexity index is 1330. The number of hydrogen-bond acceptors (Lipinski definition) is 7. The molecule has 1 aliphatic rings. The molecule has 5 N–H and O–H groups in total. The number of nitrogen functional groups attached to an aromatic ring is 1. The van der Waals surface area contributed by atoms with Gasteiger partial charge in [0.2, 0.25) is 0 Å². The number of nitrogens with two attached hydrogens (primary N) is 1. The van der Waals surface area contributed by atoms with Crippen molar-refractivity contribution in [3.05, 3.63) is 58.5 Å². The molecule has 1 aliphatic carbocycles. The van der Waals surface area contributed by atoms with Crippen LogP contribution in [0.3, 0.4) is 0 Å². The summed E-state index contributed by atoms with van der Waals surface area (Å²) >= 11 is 3.64. The largest absolute Gasteiger partial charge is 0.508 e. The van der Waals surface area contributed by atoms with E-state index in [1.54, 1.807) is 35.1 Å². The summed E-state index contributed by atoms with van der Waals surface area (Å²) in [6, 6.07) is 8.90. The van der Waals surface area contributed by atoms with Gasteiger partial charge in [0.15, 0.2) is 5.65 Å². The van der Waals surface area contributed by atoms with Gasteiger partial charge in [-0.2, -0.15) is 9.61 Å². The average molecular weight is 524 g/mol. The van der Waals surface area contributed by atoms with Gasteiger partial charge in [-0.3, -0.25) is 4.98 Å². The van der Waals surface area contributed by atoms with Gasteiger partial charge in [-0.25, -0.2) is 4.98 Å². The SMILES string of the molecule is Nc1c(Br)c(C2CCC(CO)CC2)nc2c(-c3ccc(-c4ccc(O)c(CO)c4)nc3)cnn12. The first-order chi connectivity index (χ1) is 16.5. The highest BCUT2D eigenvalue weighted by atomic mass is 79.9.